The molecule has 0 aliphatic rings. The Balaban J connectivity index is 3.35. The van der Waals surface area contributed by atoms with E-state index in [4.69, 9.17) is 13.0 Å². The minimum Gasteiger partial charge on any atom is -0.504 e. The van der Waals surface area contributed by atoms with Crippen molar-refractivity contribution in [1.29, 1.82) is 0 Å². The Bertz CT molecular complexity index is 299. The van der Waals surface area contributed by atoms with Crippen LogP contribution in [0.25, 0.3) is 0 Å². The van der Waals surface area contributed by atoms with Gasteiger partial charge in [-0.2, -0.15) is 0 Å². The molecule has 54 valence electrons. The summed E-state index contributed by atoms with van der Waals surface area (Å²) in [5, 5.41) is 8.86. The van der Waals surface area contributed by atoms with Gasteiger partial charge >= 0.3 is 0 Å². The summed E-state index contributed by atoms with van der Waals surface area (Å²) in [6, 6.07) is 2.15. The van der Waals surface area contributed by atoms with Crippen LogP contribution in [0, 0.1) is 5.82 Å². The Morgan fingerprint density at radius 3 is 2.73 bits per heavy atom. The minimum absolute atomic E-state index is 0.113. The van der Waals surface area contributed by atoms with Crippen molar-refractivity contribution in [2.75, 3.05) is 0 Å². The van der Waals surface area contributed by atoms with Gasteiger partial charge in [0.25, 0.3) is 0 Å². The molecule has 1 rings (SSSR count). The number of halogens is 1. The molecule has 0 bridgehead atoms. The average molecular weight is 150 g/mol. The standard InChI is InChI=1S/C7H4BFO2/c8-5-1-4(3-10)7(11)6(9)2-5/h1-3,11H. The first-order valence-corrected chi connectivity index (χ1v) is 2.88. The summed E-state index contributed by atoms with van der Waals surface area (Å²) in [6.45, 7) is 0. The van der Waals surface area contributed by atoms with Crippen molar-refractivity contribution < 1.29 is 14.3 Å². The fraction of sp³-hybridized carbons (Fsp3) is 0. The third-order valence-electron chi connectivity index (χ3n) is 1.24. The number of hydrogen-bond donors (Lipinski definition) is 1. The second-order valence-corrected chi connectivity index (χ2v) is 2.06. The number of aldehydes is 1. The lowest BCUT2D eigenvalue weighted by atomic mass is 9.94. The number of hydrogen-bond acceptors (Lipinski definition) is 2. The van der Waals surface area contributed by atoms with E-state index in [1.165, 1.54) is 6.07 Å². The van der Waals surface area contributed by atoms with Gasteiger partial charge < -0.3 is 5.11 Å². The molecule has 0 aromatic heterocycles. The SMILES string of the molecule is [B]c1cc(F)c(O)c(C=O)c1. The molecule has 0 saturated carbocycles. The highest BCUT2D eigenvalue weighted by Gasteiger charge is 2.05. The number of aromatic hydroxyl groups is 1. The van der Waals surface area contributed by atoms with Gasteiger partial charge in [0, 0.05) is 0 Å². The minimum atomic E-state index is -0.882. The second kappa shape index (κ2) is 2.74. The summed E-state index contributed by atoms with van der Waals surface area (Å²) in [6.07, 6.45) is 0.342. The van der Waals surface area contributed by atoms with Crippen LogP contribution >= 0.6 is 0 Å². The summed E-state index contributed by atoms with van der Waals surface area (Å²) in [5.41, 5.74) is -0.0232. The molecule has 1 N–H and O–H groups in total. The van der Waals surface area contributed by atoms with Crippen LogP contribution < -0.4 is 5.46 Å². The van der Waals surface area contributed by atoms with E-state index in [9.17, 15) is 9.18 Å². The van der Waals surface area contributed by atoms with E-state index in [1.807, 2.05) is 0 Å². The van der Waals surface area contributed by atoms with Crippen molar-refractivity contribution >= 4 is 19.6 Å². The Hall–Kier alpha value is -1.32. The predicted octanol–water partition coefficient (Wildman–Crippen LogP) is 0.138. The zero-order chi connectivity index (χ0) is 8.43. The third-order valence-corrected chi connectivity index (χ3v) is 1.24. The maximum absolute atomic E-state index is 12.5. The Labute approximate surface area is 64.1 Å². The Kier molecular flexibility index (Phi) is 1.94. The lowest BCUT2D eigenvalue weighted by Crippen LogP contribution is -2.04. The van der Waals surface area contributed by atoms with Gasteiger partial charge in [0.1, 0.15) is 7.85 Å². The molecule has 0 unspecified atom stereocenters. The largest absolute Gasteiger partial charge is 0.504 e. The predicted molar refractivity (Wildman–Crippen MR) is 38.8 cm³/mol. The zero-order valence-corrected chi connectivity index (χ0v) is 5.54. The van der Waals surface area contributed by atoms with Crippen molar-refractivity contribution in [3.05, 3.63) is 23.5 Å². The van der Waals surface area contributed by atoms with Crippen molar-refractivity contribution in [3.8, 4) is 5.75 Å². The molecule has 0 atom stereocenters. The number of phenolic OH excluding ortho intramolecular Hbond substituents is 1. The summed E-state index contributed by atoms with van der Waals surface area (Å²) in [7, 11) is 5.19. The maximum Gasteiger partial charge on any atom is 0.164 e. The number of phenols is 1. The van der Waals surface area contributed by atoms with Crippen LogP contribution in [0.4, 0.5) is 4.39 Å². The van der Waals surface area contributed by atoms with Crippen LogP contribution in [0.15, 0.2) is 12.1 Å². The molecule has 0 spiro atoms. The molecule has 2 radical (unpaired) electrons. The lowest BCUT2D eigenvalue weighted by molar-refractivity contribution is 0.112. The highest BCUT2D eigenvalue weighted by molar-refractivity contribution is 6.32. The van der Waals surface area contributed by atoms with Gasteiger partial charge in [-0.25, -0.2) is 4.39 Å². The van der Waals surface area contributed by atoms with E-state index in [-0.39, 0.29) is 11.0 Å². The van der Waals surface area contributed by atoms with E-state index < -0.39 is 11.6 Å². The molecule has 0 aliphatic heterocycles. The van der Waals surface area contributed by atoms with Crippen LogP contribution in [0.3, 0.4) is 0 Å². The van der Waals surface area contributed by atoms with Crippen LogP contribution in [0.1, 0.15) is 10.4 Å². The molecular weight excluding hydrogens is 146 g/mol. The van der Waals surface area contributed by atoms with Crippen molar-refractivity contribution in [2.45, 2.75) is 0 Å². The van der Waals surface area contributed by atoms with Gasteiger partial charge in [-0.15, -0.1) is 0 Å². The van der Waals surface area contributed by atoms with E-state index in [2.05, 4.69) is 0 Å². The number of carbonyl (C=O) groups excluding carboxylic acids is 1. The van der Waals surface area contributed by atoms with Crippen LogP contribution in [-0.2, 0) is 0 Å². The fourth-order valence-electron chi connectivity index (χ4n) is 0.732. The Morgan fingerprint density at radius 1 is 1.55 bits per heavy atom. The van der Waals surface area contributed by atoms with Gasteiger partial charge in [-0.05, 0) is 6.07 Å². The van der Waals surface area contributed by atoms with E-state index in [0.717, 1.165) is 6.07 Å². The summed E-state index contributed by atoms with van der Waals surface area (Å²) < 4.78 is 12.5. The molecule has 1 aromatic rings. The maximum atomic E-state index is 12.5. The van der Waals surface area contributed by atoms with Crippen LogP contribution in [-0.4, -0.2) is 19.2 Å². The van der Waals surface area contributed by atoms with Crippen LogP contribution in [0.2, 0.25) is 0 Å². The van der Waals surface area contributed by atoms with Crippen molar-refractivity contribution in [3.63, 3.8) is 0 Å². The molecule has 11 heavy (non-hydrogen) atoms. The van der Waals surface area contributed by atoms with E-state index in [0.29, 0.717) is 6.29 Å². The molecule has 0 fully saturated rings. The van der Waals surface area contributed by atoms with Gasteiger partial charge in [0.05, 0.1) is 5.56 Å². The smallest absolute Gasteiger partial charge is 0.164 e. The summed E-state index contributed by atoms with van der Waals surface area (Å²) >= 11 is 0. The normalized spacial score (nSPS) is 9.55. The fourth-order valence-corrected chi connectivity index (χ4v) is 0.732. The molecular formula is C7H4BFO2. The second-order valence-electron chi connectivity index (χ2n) is 2.06. The monoisotopic (exact) mass is 150 g/mol. The third kappa shape index (κ3) is 1.39. The average Bonchev–Trinajstić information content (AvgIpc) is 1.96. The van der Waals surface area contributed by atoms with Crippen LogP contribution in [0.5, 0.6) is 5.75 Å². The van der Waals surface area contributed by atoms with E-state index in [1.54, 1.807) is 0 Å². The first-order valence-electron chi connectivity index (χ1n) is 2.88. The van der Waals surface area contributed by atoms with E-state index >= 15 is 0 Å². The molecule has 1 aromatic carbocycles. The summed E-state index contributed by atoms with van der Waals surface area (Å²) in [4.78, 5) is 10.1. The van der Waals surface area contributed by atoms with Gasteiger partial charge in [-0.1, -0.05) is 11.5 Å². The molecule has 2 nitrogen and oxygen atoms in total. The highest BCUT2D eigenvalue weighted by Crippen LogP contribution is 2.16. The van der Waals surface area contributed by atoms with Gasteiger partial charge in [0.2, 0.25) is 0 Å². The van der Waals surface area contributed by atoms with Gasteiger partial charge in [0.15, 0.2) is 17.9 Å². The molecule has 0 saturated heterocycles. The lowest BCUT2D eigenvalue weighted by Gasteiger charge is -1.99. The Morgan fingerprint density at radius 2 is 2.18 bits per heavy atom. The summed E-state index contributed by atoms with van der Waals surface area (Å²) in [5.74, 6) is -1.54. The first-order chi connectivity index (χ1) is 5.15. The molecule has 0 amide bonds. The topological polar surface area (TPSA) is 37.3 Å². The number of rotatable bonds is 1. The highest BCUT2D eigenvalue weighted by atomic mass is 19.1. The number of benzene rings is 1. The van der Waals surface area contributed by atoms with Crippen molar-refractivity contribution in [2.24, 2.45) is 0 Å². The molecule has 4 heteroatoms. The quantitative estimate of drug-likeness (QED) is 0.456. The molecule has 0 aliphatic carbocycles. The first kappa shape index (κ1) is 7.79. The number of carbonyl (C=O) groups is 1. The van der Waals surface area contributed by atoms with Gasteiger partial charge in [-0.3, -0.25) is 4.79 Å². The zero-order valence-electron chi connectivity index (χ0n) is 5.54. The molecule has 0 heterocycles. The van der Waals surface area contributed by atoms with Crippen molar-refractivity contribution in [1.82, 2.24) is 0 Å².